The Hall–Kier alpha value is -3.67. The van der Waals surface area contributed by atoms with Gasteiger partial charge in [-0.3, -0.25) is 19.2 Å². The van der Waals surface area contributed by atoms with Crippen molar-refractivity contribution >= 4 is 29.2 Å². The number of Topliss-reactive ketones (excluding diaryl/α,β-unsaturated/α-hetero) is 1. The van der Waals surface area contributed by atoms with Crippen LogP contribution in [0.15, 0.2) is 22.8 Å². The molecule has 1 saturated carbocycles. The van der Waals surface area contributed by atoms with E-state index in [1.165, 1.54) is 12.1 Å². The Kier molecular flexibility index (Phi) is 12.6. The quantitative estimate of drug-likeness (QED) is 0.293. The molecular weight excluding hydrogens is 603 g/mol. The van der Waals surface area contributed by atoms with Gasteiger partial charge in [-0.05, 0) is 66.9 Å². The fourth-order valence-electron chi connectivity index (χ4n) is 6.84. The topological polar surface area (TPSA) is 138 Å². The molecule has 2 aliphatic rings. The van der Waals surface area contributed by atoms with Crippen molar-refractivity contribution in [3.63, 3.8) is 0 Å². The number of aromatic nitrogens is 2. The van der Waals surface area contributed by atoms with Crippen LogP contribution >= 0.6 is 0 Å². The van der Waals surface area contributed by atoms with Gasteiger partial charge in [0.2, 0.25) is 17.7 Å². The highest BCUT2D eigenvalue weighted by Gasteiger charge is 2.37. The van der Waals surface area contributed by atoms with E-state index in [2.05, 4.69) is 32.8 Å². The van der Waals surface area contributed by atoms with Gasteiger partial charge in [0.25, 0.3) is 0 Å². The van der Waals surface area contributed by atoms with E-state index in [0.717, 1.165) is 38.8 Å². The molecule has 258 valence electrons. The van der Waals surface area contributed by atoms with Crippen LogP contribution in [0.4, 0.5) is 10.1 Å². The number of hydrogen-bond acceptors (Lipinski definition) is 8. The number of piperazine rings is 1. The molecule has 1 aromatic heterocycles. The molecule has 1 saturated heterocycles. The molecular formula is C35H51FN6O5. The molecule has 12 heteroatoms. The molecule has 2 fully saturated rings. The highest BCUT2D eigenvalue weighted by molar-refractivity contribution is 6.00. The number of carbonyl (C=O) groups is 4. The van der Waals surface area contributed by atoms with Crippen LogP contribution in [0.5, 0.6) is 0 Å². The molecule has 0 bridgehead atoms. The number of aryl methyl sites for hydroxylation is 1. The van der Waals surface area contributed by atoms with E-state index >= 15 is 4.39 Å². The van der Waals surface area contributed by atoms with Gasteiger partial charge < -0.3 is 20.4 Å². The van der Waals surface area contributed by atoms with Crippen molar-refractivity contribution in [3.05, 3.63) is 41.0 Å². The Balaban J connectivity index is 1.53. The Labute approximate surface area is 277 Å². The van der Waals surface area contributed by atoms with Crippen molar-refractivity contribution in [3.8, 4) is 0 Å². The van der Waals surface area contributed by atoms with Gasteiger partial charge in [-0.15, -0.1) is 0 Å². The third kappa shape index (κ3) is 9.03. The molecule has 2 aromatic rings. The predicted octanol–water partition coefficient (Wildman–Crippen LogP) is 4.83. The summed E-state index contributed by atoms with van der Waals surface area (Å²) in [5.74, 6) is -2.35. The number of nitrogens with zero attached hydrogens (tertiary/aromatic N) is 4. The second kappa shape index (κ2) is 16.4. The lowest BCUT2D eigenvalue weighted by molar-refractivity contribution is -0.138. The van der Waals surface area contributed by atoms with Gasteiger partial charge in [-0.1, -0.05) is 58.7 Å². The van der Waals surface area contributed by atoms with Crippen molar-refractivity contribution in [2.45, 2.75) is 91.5 Å². The monoisotopic (exact) mass is 654 g/mol. The van der Waals surface area contributed by atoms with E-state index in [4.69, 9.17) is 4.63 Å². The van der Waals surface area contributed by atoms with Gasteiger partial charge >= 0.3 is 0 Å². The summed E-state index contributed by atoms with van der Waals surface area (Å²) in [5.41, 5.74) is 1.09. The number of rotatable bonds is 13. The summed E-state index contributed by atoms with van der Waals surface area (Å²) in [6.07, 6.45) is 4.66. The SMILES string of the molecule is CCC(=O)N[C@@H](C(=O)N1CCN(C)CC1)[C@@H](C)c1ccc(NC(=O)[C@@H](CC(=O)c2nonc2CC)[C@H](C)C2CCC(C)CC2)c(F)c1. The summed E-state index contributed by atoms with van der Waals surface area (Å²) in [4.78, 5) is 57.1. The van der Waals surface area contributed by atoms with E-state index in [-0.39, 0.29) is 53.7 Å². The summed E-state index contributed by atoms with van der Waals surface area (Å²) >= 11 is 0. The number of ketones is 1. The Bertz CT molecular complexity index is 1400. The fourth-order valence-corrected chi connectivity index (χ4v) is 6.84. The fraction of sp³-hybridized carbons (Fsp3) is 0.657. The van der Waals surface area contributed by atoms with Crippen molar-refractivity contribution < 1.29 is 28.2 Å². The molecule has 4 rings (SSSR count). The number of benzene rings is 1. The van der Waals surface area contributed by atoms with Crippen LogP contribution in [0.1, 0.15) is 101 Å². The van der Waals surface area contributed by atoms with Gasteiger partial charge in [0.1, 0.15) is 17.6 Å². The van der Waals surface area contributed by atoms with Crippen LogP contribution in [0.25, 0.3) is 0 Å². The number of nitrogens with one attached hydrogen (secondary N) is 2. The molecule has 1 aliphatic carbocycles. The average Bonchev–Trinajstić information content (AvgIpc) is 3.56. The zero-order chi connectivity index (χ0) is 34.2. The first-order valence-electron chi connectivity index (χ1n) is 17.1. The average molecular weight is 655 g/mol. The van der Waals surface area contributed by atoms with Crippen molar-refractivity contribution in [1.29, 1.82) is 0 Å². The second-order valence-electron chi connectivity index (χ2n) is 13.6. The highest BCUT2D eigenvalue weighted by atomic mass is 19.1. The molecule has 4 atom stereocenters. The number of anilines is 1. The van der Waals surface area contributed by atoms with E-state index in [1.54, 1.807) is 24.8 Å². The summed E-state index contributed by atoms with van der Waals surface area (Å²) in [5, 5.41) is 13.2. The van der Waals surface area contributed by atoms with Crippen LogP contribution in [-0.4, -0.2) is 82.9 Å². The Morgan fingerprint density at radius 2 is 1.70 bits per heavy atom. The van der Waals surface area contributed by atoms with E-state index in [9.17, 15) is 19.2 Å². The Morgan fingerprint density at radius 3 is 2.32 bits per heavy atom. The molecule has 2 N–H and O–H groups in total. The van der Waals surface area contributed by atoms with E-state index in [1.807, 2.05) is 20.9 Å². The molecule has 1 aliphatic heterocycles. The van der Waals surface area contributed by atoms with E-state index in [0.29, 0.717) is 36.7 Å². The zero-order valence-electron chi connectivity index (χ0n) is 28.7. The van der Waals surface area contributed by atoms with Crippen LogP contribution in [0, 0.1) is 29.5 Å². The molecule has 0 radical (unpaired) electrons. The highest BCUT2D eigenvalue weighted by Crippen LogP contribution is 2.38. The minimum Gasteiger partial charge on any atom is -0.344 e. The molecule has 0 spiro atoms. The third-order valence-corrected chi connectivity index (χ3v) is 10.3. The van der Waals surface area contributed by atoms with Crippen molar-refractivity contribution in [2.75, 3.05) is 38.5 Å². The molecule has 0 unspecified atom stereocenters. The number of hydrogen-bond donors (Lipinski definition) is 2. The minimum atomic E-state index is -0.862. The lowest BCUT2D eigenvalue weighted by Crippen LogP contribution is -2.55. The van der Waals surface area contributed by atoms with Crippen LogP contribution in [-0.2, 0) is 20.8 Å². The second-order valence-corrected chi connectivity index (χ2v) is 13.6. The summed E-state index contributed by atoms with van der Waals surface area (Å²) in [6.45, 7) is 12.2. The van der Waals surface area contributed by atoms with Crippen LogP contribution < -0.4 is 10.6 Å². The lowest BCUT2D eigenvalue weighted by Gasteiger charge is -2.36. The third-order valence-electron chi connectivity index (χ3n) is 10.3. The smallest absolute Gasteiger partial charge is 0.245 e. The van der Waals surface area contributed by atoms with Crippen LogP contribution in [0.3, 0.4) is 0 Å². The maximum atomic E-state index is 15.7. The Morgan fingerprint density at radius 1 is 1.02 bits per heavy atom. The standard InChI is InChI=1S/C35H51FN6O5/c1-7-28-33(40-47-39-28)30(43)20-26(22(4)24-11-9-21(3)10-12-24)34(45)37-29-14-13-25(19-27(29)36)23(5)32(38-31(44)8-2)35(46)42-17-15-41(6)16-18-42/h13-14,19,21-24,26,32H,7-12,15-18,20H2,1-6H3,(H,37,45)(H,38,44)/t21?,22-,23+,24?,26+,32-/m1/s1. The van der Waals surface area contributed by atoms with Crippen LogP contribution in [0.2, 0.25) is 0 Å². The molecule has 47 heavy (non-hydrogen) atoms. The lowest BCUT2D eigenvalue weighted by atomic mass is 9.71. The molecule has 2 heterocycles. The first kappa shape index (κ1) is 36.2. The summed E-state index contributed by atoms with van der Waals surface area (Å²) in [6, 6.07) is 3.61. The minimum absolute atomic E-state index is 0.00949. The largest absolute Gasteiger partial charge is 0.344 e. The summed E-state index contributed by atoms with van der Waals surface area (Å²) in [7, 11) is 2.00. The van der Waals surface area contributed by atoms with Crippen molar-refractivity contribution in [1.82, 2.24) is 25.4 Å². The maximum Gasteiger partial charge on any atom is 0.245 e. The van der Waals surface area contributed by atoms with E-state index < -0.39 is 29.6 Å². The normalized spacial score (nSPS) is 21.4. The number of carbonyl (C=O) groups excluding carboxylic acids is 4. The number of halogens is 1. The molecule has 11 nitrogen and oxygen atoms in total. The van der Waals surface area contributed by atoms with Gasteiger partial charge in [0, 0.05) is 50.9 Å². The zero-order valence-corrected chi connectivity index (χ0v) is 28.7. The molecule has 1 aromatic carbocycles. The summed E-state index contributed by atoms with van der Waals surface area (Å²) < 4.78 is 20.5. The number of amides is 3. The van der Waals surface area contributed by atoms with Gasteiger partial charge in [0.15, 0.2) is 11.5 Å². The molecule has 3 amide bonds. The first-order valence-corrected chi connectivity index (χ1v) is 17.1. The van der Waals surface area contributed by atoms with Crippen molar-refractivity contribution in [2.24, 2.45) is 23.7 Å². The predicted molar refractivity (Wildman–Crippen MR) is 176 cm³/mol. The maximum absolute atomic E-state index is 15.7. The van der Waals surface area contributed by atoms with Gasteiger partial charge in [-0.25, -0.2) is 9.02 Å². The van der Waals surface area contributed by atoms with Gasteiger partial charge in [-0.2, -0.15) is 0 Å². The number of likely N-dealkylation sites (N-methyl/N-ethyl adjacent to an activating group) is 1. The van der Waals surface area contributed by atoms with Gasteiger partial charge in [0.05, 0.1) is 5.69 Å². The first-order chi connectivity index (χ1) is 22.4.